The monoisotopic (exact) mass is 412 g/mol. The normalized spacial score (nSPS) is 13.2. The first-order chi connectivity index (χ1) is 14.4. The number of phenolic OH excluding ortho intramolecular Hbond substituents is 2. The molecular weight excluding hydrogens is 384 g/mol. The van der Waals surface area contributed by atoms with E-state index in [4.69, 9.17) is 0 Å². The molecule has 160 valence electrons. The van der Waals surface area contributed by atoms with Crippen LogP contribution in [0.25, 0.3) is 0 Å². The van der Waals surface area contributed by atoms with Gasteiger partial charge in [-0.05, 0) is 37.8 Å². The summed E-state index contributed by atoms with van der Waals surface area (Å²) < 4.78 is 0. The molecular formula is C22H28N4O4. The Morgan fingerprint density at radius 3 is 1.97 bits per heavy atom. The maximum atomic E-state index is 13.3. The van der Waals surface area contributed by atoms with Gasteiger partial charge in [0, 0.05) is 17.8 Å². The molecule has 0 atom stereocenters. The second kappa shape index (κ2) is 8.83. The van der Waals surface area contributed by atoms with Crippen LogP contribution in [0.1, 0.15) is 52.6 Å². The van der Waals surface area contributed by atoms with E-state index < -0.39 is 17.4 Å². The van der Waals surface area contributed by atoms with Crippen molar-refractivity contribution in [3.63, 3.8) is 0 Å². The first-order valence-electron chi connectivity index (χ1n) is 10.1. The molecule has 1 aliphatic rings. The number of rotatable bonds is 9. The van der Waals surface area contributed by atoms with Gasteiger partial charge in [-0.2, -0.15) is 0 Å². The van der Waals surface area contributed by atoms with Crippen LogP contribution in [-0.4, -0.2) is 53.7 Å². The van der Waals surface area contributed by atoms with E-state index in [-0.39, 0.29) is 33.8 Å². The van der Waals surface area contributed by atoms with Gasteiger partial charge in [-0.1, -0.05) is 32.9 Å². The predicted molar refractivity (Wildman–Crippen MR) is 115 cm³/mol. The lowest BCUT2D eigenvalue weighted by Crippen LogP contribution is -2.67. The van der Waals surface area contributed by atoms with Gasteiger partial charge in [0.1, 0.15) is 11.5 Å². The lowest BCUT2D eigenvalue weighted by Gasteiger charge is -2.38. The molecule has 0 heterocycles. The number of carbonyl (C=O) groups excluding carboxylic acids is 2. The first kappa shape index (κ1) is 21.8. The molecule has 3 rings (SSSR count). The molecule has 0 saturated carbocycles. The number of hydrogen-bond donors (Lipinski definition) is 6. The smallest absolute Gasteiger partial charge is 0.200 e. The molecule has 6 N–H and O–H groups in total. The summed E-state index contributed by atoms with van der Waals surface area (Å²) in [7, 11) is 0. The fraction of sp³-hybridized carbons (Fsp3) is 0.364. The largest absolute Gasteiger partial charge is 0.507 e. The average Bonchev–Trinajstić information content (AvgIpc) is 2.72. The summed E-state index contributed by atoms with van der Waals surface area (Å²) in [6.45, 7) is 8.54. The SMILES string of the molecule is CCNCC(NCC)(NCC)Nc1cccc2c1C(=O)c1c(O)ccc(O)c1C2=O. The number of likely N-dealkylation sites (N-methyl/N-ethyl adjacent to an activating group) is 3. The third-order valence-electron chi connectivity index (χ3n) is 5.10. The van der Waals surface area contributed by atoms with Crippen LogP contribution in [0.2, 0.25) is 0 Å². The average molecular weight is 412 g/mol. The van der Waals surface area contributed by atoms with E-state index in [0.717, 1.165) is 6.54 Å². The number of ketones is 2. The molecule has 0 amide bonds. The summed E-state index contributed by atoms with van der Waals surface area (Å²) in [5.41, 5.74) is 0.475. The Kier molecular flexibility index (Phi) is 6.40. The molecule has 8 nitrogen and oxygen atoms in total. The van der Waals surface area contributed by atoms with Crippen molar-refractivity contribution in [3.05, 3.63) is 52.6 Å². The summed E-state index contributed by atoms with van der Waals surface area (Å²) in [5, 5.41) is 33.9. The minimum Gasteiger partial charge on any atom is -0.507 e. The lowest BCUT2D eigenvalue weighted by molar-refractivity contribution is 0.0974. The summed E-state index contributed by atoms with van der Waals surface area (Å²) in [6, 6.07) is 7.40. The number of aromatic hydroxyl groups is 2. The van der Waals surface area contributed by atoms with Crippen LogP contribution in [0, 0.1) is 0 Å². The van der Waals surface area contributed by atoms with Gasteiger partial charge in [0.05, 0.1) is 16.7 Å². The number of carbonyl (C=O) groups is 2. The van der Waals surface area contributed by atoms with Crippen LogP contribution in [0.5, 0.6) is 11.5 Å². The maximum Gasteiger partial charge on any atom is 0.200 e. The van der Waals surface area contributed by atoms with E-state index >= 15 is 0 Å². The van der Waals surface area contributed by atoms with Crippen molar-refractivity contribution in [1.82, 2.24) is 16.0 Å². The van der Waals surface area contributed by atoms with Gasteiger partial charge in [-0.25, -0.2) is 0 Å². The summed E-state index contributed by atoms with van der Waals surface area (Å²) in [5.74, 6) is -2.44. The number of benzene rings is 2. The summed E-state index contributed by atoms with van der Waals surface area (Å²) in [4.78, 5) is 26.4. The van der Waals surface area contributed by atoms with Crippen molar-refractivity contribution < 1.29 is 19.8 Å². The van der Waals surface area contributed by atoms with Crippen molar-refractivity contribution in [2.24, 2.45) is 0 Å². The Morgan fingerprint density at radius 2 is 1.40 bits per heavy atom. The van der Waals surface area contributed by atoms with E-state index in [9.17, 15) is 19.8 Å². The molecule has 30 heavy (non-hydrogen) atoms. The number of hydrogen-bond acceptors (Lipinski definition) is 8. The molecule has 0 aromatic heterocycles. The molecule has 2 aromatic carbocycles. The van der Waals surface area contributed by atoms with Gasteiger partial charge in [-0.3, -0.25) is 20.2 Å². The molecule has 0 fully saturated rings. The zero-order valence-electron chi connectivity index (χ0n) is 17.4. The lowest BCUT2D eigenvalue weighted by atomic mass is 9.82. The Balaban J connectivity index is 2.13. The second-order valence-corrected chi connectivity index (χ2v) is 7.11. The quantitative estimate of drug-likeness (QED) is 0.232. The third kappa shape index (κ3) is 3.77. The zero-order valence-corrected chi connectivity index (χ0v) is 17.4. The van der Waals surface area contributed by atoms with Crippen molar-refractivity contribution in [3.8, 4) is 11.5 Å². The zero-order chi connectivity index (χ0) is 21.9. The molecule has 0 spiro atoms. The molecule has 0 unspecified atom stereocenters. The number of nitrogens with one attached hydrogen (secondary N) is 4. The fourth-order valence-electron chi connectivity index (χ4n) is 3.86. The second-order valence-electron chi connectivity index (χ2n) is 7.11. The molecule has 0 bridgehead atoms. The molecule has 0 radical (unpaired) electrons. The molecule has 8 heteroatoms. The van der Waals surface area contributed by atoms with Crippen LogP contribution in [0.15, 0.2) is 30.3 Å². The van der Waals surface area contributed by atoms with Crippen LogP contribution < -0.4 is 21.3 Å². The highest BCUT2D eigenvalue weighted by Crippen LogP contribution is 2.40. The topological polar surface area (TPSA) is 123 Å². The van der Waals surface area contributed by atoms with Gasteiger partial charge in [0.25, 0.3) is 0 Å². The van der Waals surface area contributed by atoms with E-state index in [2.05, 4.69) is 21.3 Å². The van der Waals surface area contributed by atoms with Gasteiger partial charge in [0.2, 0.25) is 0 Å². The Labute approximate surface area is 175 Å². The minimum absolute atomic E-state index is 0.165. The van der Waals surface area contributed by atoms with E-state index in [0.29, 0.717) is 25.3 Å². The van der Waals surface area contributed by atoms with E-state index in [1.54, 1.807) is 18.2 Å². The fourth-order valence-corrected chi connectivity index (χ4v) is 3.86. The predicted octanol–water partition coefficient (Wildman–Crippen LogP) is 1.77. The number of anilines is 1. The molecule has 1 aliphatic carbocycles. The van der Waals surface area contributed by atoms with E-state index in [1.165, 1.54) is 12.1 Å². The van der Waals surface area contributed by atoms with Gasteiger partial charge < -0.3 is 20.8 Å². The highest BCUT2D eigenvalue weighted by Gasteiger charge is 2.37. The molecule has 0 saturated heterocycles. The Morgan fingerprint density at radius 1 is 0.800 bits per heavy atom. The van der Waals surface area contributed by atoms with Crippen LogP contribution in [0.4, 0.5) is 5.69 Å². The highest BCUT2D eigenvalue weighted by atomic mass is 16.3. The van der Waals surface area contributed by atoms with Crippen LogP contribution in [-0.2, 0) is 0 Å². The first-order valence-corrected chi connectivity index (χ1v) is 10.1. The minimum atomic E-state index is -0.765. The summed E-state index contributed by atoms with van der Waals surface area (Å²) >= 11 is 0. The number of fused-ring (bicyclic) bond motifs is 2. The van der Waals surface area contributed by atoms with Gasteiger partial charge in [0.15, 0.2) is 17.4 Å². The standard InChI is InChI=1S/C22H28N4O4/c1-4-23-12-22(24-5-2,25-6-3)26-14-9-7-8-13-17(14)21(30)19-16(28)11-10-15(27)18(19)20(13)29/h7-11,23-28H,4-6,12H2,1-3H3. The van der Waals surface area contributed by atoms with Crippen molar-refractivity contribution in [1.29, 1.82) is 0 Å². The van der Waals surface area contributed by atoms with E-state index in [1.807, 2.05) is 20.8 Å². The van der Waals surface area contributed by atoms with Crippen LogP contribution in [0.3, 0.4) is 0 Å². The Hall–Kier alpha value is -2.94. The maximum absolute atomic E-state index is 13.3. The van der Waals surface area contributed by atoms with Gasteiger partial charge >= 0.3 is 0 Å². The highest BCUT2D eigenvalue weighted by molar-refractivity contribution is 6.31. The number of phenols is 2. The third-order valence-corrected chi connectivity index (χ3v) is 5.10. The van der Waals surface area contributed by atoms with Gasteiger partial charge in [-0.15, -0.1) is 0 Å². The summed E-state index contributed by atoms with van der Waals surface area (Å²) in [6.07, 6.45) is 0. The van der Waals surface area contributed by atoms with Crippen molar-refractivity contribution in [2.75, 3.05) is 31.5 Å². The molecule has 2 aromatic rings. The molecule has 0 aliphatic heterocycles. The van der Waals surface area contributed by atoms with Crippen molar-refractivity contribution >= 4 is 17.3 Å². The van der Waals surface area contributed by atoms with Crippen molar-refractivity contribution in [2.45, 2.75) is 26.6 Å². The Bertz CT molecular complexity index is 968. The van der Waals surface area contributed by atoms with Crippen LogP contribution >= 0.6 is 0 Å².